The molecule has 2 aliphatic rings. The predicted molar refractivity (Wildman–Crippen MR) is 85.9 cm³/mol. The minimum Gasteiger partial charge on any atom is -0.487 e. The molecule has 3 heteroatoms. The Morgan fingerprint density at radius 2 is 2.00 bits per heavy atom. The molecule has 2 N–H and O–H groups in total. The fourth-order valence-electron chi connectivity index (χ4n) is 3.70. The van der Waals surface area contributed by atoms with Crippen molar-refractivity contribution in [2.24, 2.45) is 11.1 Å². The molecule has 1 aliphatic heterocycles. The molecule has 1 unspecified atom stereocenters. The van der Waals surface area contributed by atoms with Crippen molar-refractivity contribution in [2.75, 3.05) is 0 Å². The second-order valence-electron chi connectivity index (χ2n) is 7.30. The molecular formula is C17H24BrNO. The van der Waals surface area contributed by atoms with E-state index in [-0.39, 0.29) is 11.6 Å². The van der Waals surface area contributed by atoms with E-state index in [2.05, 4.69) is 41.9 Å². The molecule has 1 aromatic carbocycles. The van der Waals surface area contributed by atoms with E-state index < -0.39 is 0 Å². The minimum absolute atomic E-state index is 0.0337. The van der Waals surface area contributed by atoms with E-state index in [0.717, 1.165) is 35.0 Å². The Balaban J connectivity index is 1.88. The zero-order valence-electron chi connectivity index (χ0n) is 12.4. The summed E-state index contributed by atoms with van der Waals surface area (Å²) in [6.45, 7) is 4.75. The van der Waals surface area contributed by atoms with E-state index >= 15 is 0 Å². The molecule has 2 nitrogen and oxygen atoms in total. The van der Waals surface area contributed by atoms with Crippen LogP contribution in [0.5, 0.6) is 5.75 Å². The van der Waals surface area contributed by atoms with Crippen molar-refractivity contribution in [3.8, 4) is 5.75 Å². The maximum absolute atomic E-state index is 6.46. The van der Waals surface area contributed by atoms with E-state index in [1.54, 1.807) is 0 Å². The van der Waals surface area contributed by atoms with Crippen LogP contribution < -0.4 is 10.5 Å². The standard InChI is InChI=1S/C17H24BrNO/c1-16(2)6-3-7-17(9-8-16)11-14(19)13-10-12(18)4-5-15(13)20-17/h4-5,10,14H,3,6-9,11,19H2,1-2H3/t14-,17?/m0/s1. The molecule has 3 rings (SSSR count). The quantitative estimate of drug-likeness (QED) is 0.726. The van der Waals surface area contributed by atoms with Crippen LogP contribution in [0, 0.1) is 5.41 Å². The Hall–Kier alpha value is -0.540. The molecule has 0 radical (unpaired) electrons. The second-order valence-corrected chi connectivity index (χ2v) is 8.21. The largest absolute Gasteiger partial charge is 0.487 e. The van der Waals surface area contributed by atoms with Gasteiger partial charge in [0.15, 0.2) is 0 Å². The van der Waals surface area contributed by atoms with Gasteiger partial charge in [0, 0.05) is 22.5 Å². The number of ether oxygens (including phenoxy) is 1. The lowest BCUT2D eigenvalue weighted by Crippen LogP contribution is -2.42. The summed E-state index contributed by atoms with van der Waals surface area (Å²) in [6, 6.07) is 6.31. The van der Waals surface area contributed by atoms with Crippen molar-refractivity contribution in [1.82, 2.24) is 0 Å². The van der Waals surface area contributed by atoms with Gasteiger partial charge in [0.25, 0.3) is 0 Å². The zero-order valence-corrected chi connectivity index (χ0v) is 14.0. The smallest absolute Gasteiger partial charge is 0.124 e. The third-order valence-electron chi connectivity index (χ3n) is 5.03. The highest BCUT2D eigenvalue weighted by molar-refractivity contribution is 9.10. The second kappa shape index (κ2) is 5.03. The summed E-state index contributed by atoms with van der Waals surface area (Å²) in [6.07, 6.45) is 6.98. The number of benzene rings is 1. The van der Waals surface area contributed by atoms with Crippen LogP contribution in [0.25, 0.3) is 0 Å². The van der Waals surface area contributed by atoms with Crippen molar-refractivity contribution < 1.29 is 4.74 Å². The summed E-state index contributed by atoms with van der Waals surface area (Å²) in [5, 5.41) is 0. The van der Waals surface area contributed by atoms with Gasteiger partial charge in [0.05, 0.1) is 0 Å². The lowest BCUT2D eigenvalue weighted by molar-refractivity contribution is 0.0189. The average molecular weight is 338 g/mol. The van der Waals surface area contributed by atoms with E-state index in [9.17, 15) is 0 Å². The number of halogens is 1. The van der Waals surface area contributed by atoms with Crippen molar-refractivity contribution in [1.29, 1.82) is 0 Å². The van der Waals surface area contributed by atoms with Crippen molar-refractivity contribution in [3.63, 3.8) is 0 Å². The van der Waals surface area contributed by atoms with E-state index in [1.165, 1.54) is 19.3 Å². The molecule has 1 fully saturated rings. The molecule has 0 aromatic heterocycles. The van der Waals surface area contributed by atoms with E-state index in [0.29, 0.717) is 5.41 Å². The first-order chi connectivity index (χ1) is 9.39. The molecule has 0 saturated heterocycles. The third-order valence-corrected chi connectivity index (χ3v) is 5.53. The van der Waals surface area contributed by atoms with Gasteiger partial charge in [-0.2, -0.15) is 0 Å². The van der Waals surface area contributed by atoms with Gasteiger partial charge in [0.2, 0.25) is 0 Å². The SMILES string of the molecule is CC1(C)CCCC2(CC1)C[C@H](N)c1cc(Br)ccc1O2. The highest BCUT2D eigenvalue weighted by Gasteiger charge is 2.42. The van der Waals surface area contributed by atoms with Gasteiger partial charge >= 0.3 is 0 Å². The number of nitrogens with two attached hydrogens (primary N) is 1. The van der Waals surface area contributed by atoms with Gasteiger partial charge in [0.1, 0.15) is 11.4 Å². The van der Waals surface area contributed by atoms with Gasteiger partial charge in [-0.3, -0.25) is 0 Å². The van der Waals surface area contributed by atoms with E-state index in [4.69, 9.17) is 10.5 Å². The lowest BCUT2D eigenvalue weighted by Gasteiger charge is -2.41. The molecule has 1 aliphatic carbocycles. The molecular weight excluding hydrogens is 314 g/mol. The summed E-state index contributed by atoms with van der Waals surface area (Å²) < 4.78 is 7.54. The van der Waals surface area contributed by atoms with Crippen LogP contribution >= 0.6 is 15.9 Å². The summed E-state index contributed by atoms with van der Waals surface area (Å²) in [5.41, 5.74) is 7.99. The molecule has 1 saturated carbocycles. The molecule has 0 amide bonds. The summed E-state index contributed by atoms with van der Waals surface area (Å²) >= 11 is 3.52. The van der Waals surface area contributed by atoms with E-state index in [1.807, 2.05) is 6.07 Å². The third kappa shape index (κ3) is 2.75. The number of hydrogen-bond acceptors (Lipinski definition) is 2. The number of hydrogen-bond donors (Lipinski definition) is 1. The lowest BCUT2D eigenvalue weighted by atomic mass is 9.80. The van der Waals surface area contributed by atoms with Crippen molar-refractivity contribution >= 4 is 15.9 Å². The van der Waals surface area contributed by atoms with Gasteiger partial charge in [-0.15, -0.1) is 0 Å². The highest BCUT2D eigenvalue weighted by Crippen LogP contribution is 2.48. The Bertz CT molecular complexity index is 514. The molecule has 110 valence electrons. The maximum atomic E-state index is 6.46. The Morgan fingerprint density at radius 1 is 1.20 bits per heavy atom. The van der Waals surface area contributed by atoms with Crippen LogP contribution in [0.4, 0.5) is 0 Å². The Labute approximate surface area is 130 Å². The van der Waals surface area contributed by atoms with Crippen molar-refractivity contribution in [2.45, 2.75) is 64.0 Å². The Morgan fingerprint density at radius 3 is 2.80 bits per heavy atom. The highest BCUT2D eigenvalue weighted by atomic mass is 79.9. The van der Waals surface area contributed by atoms with Crippen LogP contribution in [-0.4, -0.2) is 5.60 Å². The molecule has 1 aromatic rings. The average Bonchev–Trinajstić information content (AvgIpc) is 2.51. The zero-order chi connectivity index (χ0) is 14.4. The van der Waals surface area contributed by atoms with Gasteiger partial charge < -0.3 is 10.5 Å². The molecule has 20 heavy (non-hydrogen) atoms. The van der Waals surface area contributed by atoms with Crippen LogP contribution in [0.2, 0.25) is 0 Å². The summed E-state index contributed by atoms with van der Waals surface area (Å²) in [4.78, 5) is 0. The molecule has 1 spiro atoms. The first-order valence-corrected chi connectivity index (χ1v) is 8.43. The summed E-state index contributed by atoms with van der Waals surface area (Å²) in [5.74, 6) is 0.992. The van der Waals surface area contributed by atoms with Gasteiger partial charge in [-0.1, -0.05) is 29.8 Å². The normalized spacial score (nSPS) is 32.3. The summed E-state index contributed by atoms with van der Waals surface area (Å²) in [7, 11) is 0. The van der Waals surface area contributed by atoms with Crippen LogP contribution in [0.3, 0.4) is 0 Å². The first-order valence-electron chi connectivity index (χ1n) is 7.63. The molecule has 0 bridgehead atoms. The number of fused-ring (bicyclic) bond motifs is 1. The molecule has 1 heterocycles. The fourth-order valence-corrected chi connectivity index (χ4v) is 4.08. The van der Waals surface area contributed by atoms with Crippen LogP contribution in [0.1, 0.15) is 64.0 Å². The monoisotopic (exact) mass is 337 g/mol. The van der Waals surface area contributed by atoms with Crippen LogP contribution in [0.15, 0.2) is 22.7 Å². The molecule has 2 atom stereocenters. The first kappa shape index (κ1) is 14.4. The maximum Gasteiger partial charge on any atom is 0.124 e. The van der Waals surface area contributed by atoms with Gasteiger partial charge in [-0.05, 0) is 55.7 Å². The predicted octanol–water partition coefficient (Wildman–Crippen LogP) is 4.96. The topological polar surface area (TPSA) is 35.2 Å². The van der Waals surface area contributed by atoms with Crippen molar-refractivity contribution in [3.05, 3.63) is 28.2 Å². The minimum atomic E-state index is -0.0337. The van der Waals surface area contributed by atoms with Crippen LogP contribution in [-0.2, 0) is 0 Å². The number of rotatable bonds is 0. The fraction of sp³-hybridized carbons (Fsp3) is 0.647. The Kier molecular flexibility index (Phi) is 3.62. The van der Waals surface area contributed by atoms with Gasteiger partial charge in [-0.25, -0.2) is 0 Å².